The predicted octanol–water partition coefficient (Wildman–Crippen LogP) is 3.46. The van der Waals surface area contributed by atoms with Gasteiger partial charge in [0.05, 0.1) is 22.2 Å². The molecule has 0 unspecified atom stereocenters. The summed E-state index contributed by atoms with van der Waals surface area (Å²) in [7, 11) is 0. The van der Waals surface area contributed by atoms with E-state index in [0.717, 1.165) is 0 Å². The molecule has 4 heteroatoms. The number of hydrogen-bond donors (Lipinski definition) is 1. The Labute approximate surface area is 110 Å². The van der Waals surface area contributed by atoms with Gasteiger partial charge in [0.1, 0.15) is 0 Å². The normalized spacial score (nSPS) is 9.56. The highest BCUT2D eigenvalue weighted by Crippen LogP contribution is 2.19. The summed E-state index contributed by atoms with van der Waals surface area (Å²) in [6.45, 7) is 0. The minimum atomic E-state index is -0.330. The first-order chi connectivity index (χ1) is 8.70. The number of hydrogen-bond acceptors (Lipinski definition) is 2. The van der Waals surface area contributed by atoms with Gasteiger partial charge in [0.2, 0.25) is 0 Å². The van der Waals surface area contributed by atoms with Gasteiger partial charge in [-0.2, -0.15) is 5.26 Å². The number of rotatable bonds is 2. The smallest absolute Gasteiger partial charge is 0.257 e. The van der Waals surface area contributed by atoms with Crippen LogP contribution in [-0.2, 0) is 0 Å². The van der Waals surface area contributed by atoms with Gasteiger partial charge in [-0.3, -0.25) is 4.79 Å². The Bertz CT molecular complexity index is 617. The average molecular weight is 257 g/mol. The van der Waals surface area contributed by atoms with Crippen LogP contribution in [0.4, 0.5) is 5.69 Å². The first kappa shape index (κ1) is 12.2. The third kappa shape index (κ3) is 2.68. The summed E-state index contributed by atoms with van der Waals surface area (Å²) in [5.41, 5.74) is 1.37. The van der Waals surface area contributed by atoms with Crippen molar-refractivity contribution in [2.24, 2.45) is 0 Å². The van der Waals surface area contributed by atoms with E-state index in [0.29, 0.717) is 21.8 Å². The van der Waals surface area contributed by atoms with Crippen LogP contribution in [0.2, 0.25) is 5.02 Å². The Morgan fingerprint density at radius 2 is 1.89 bits per heavy atom. The average Bonchev–Trinajstić information content (AvgIpc) is 2.40. The molecule has 2 aromatic carbocycles. The molecule has 0 radical (unpaired) electrons. The van der Waals surface area contributed by atoms with Crippen molar-refractivity contribution in [3.05, 3.63) is 64.7 Å². The molecule has 2 aromatic rings. The fourth-order valence-corrected chi connectivity index (χ4v) is 1.69. The Kier molecular flexibility index (Phi) is 3.61. The molecule has 0 fully saturated rings. The van der Waals surface area contributed by atoms with Gasteiger partial charge in [0.25, 0.3) is 5.91 Å². The van der Waals surface area contributed by atoms with Gasteiger partial charge in [-0.05, 0) is 30.3 Å². The third-order valence-corrected chi connectivity index (χ3v) is 2.70. The molecule has 0 bridgehead atoms. The number of amides is 1. The summed E-state index contributed by atoms with van der Waals surface area (Å²) in [4.78, 5) is 12.0. The summed E-state index contributed by atoms with van der Waals surface area (Å²) >= 11 is 5.94. The minimum absolute atomic E-state index is 0.291. The van der Waals surface area contributed by atoms with Gasteiger partial charge >= 0.3 is 0 Å². The summed E-state index contributed by atoms with van der Waals surface area (Å²) in [6.07, 6.45) is 0. The second-order valence-electron chi connectivity index (χ2n) is 3.63. The molecule has 1 amide bonds. The second kappa shape index (κ2) is 5.35. The lowest BCUT2D eigenvalue weighted by molar-refractivity contribution is 0.102. The van der Waals surface area contributed by atoms with Crippen LogP contribution in [0.15, 0.2) is 48.5 Å². The second-order valence-corrected chi connectivity index (χ2v) is 4.03. The maximum atomic E-state index is 12.0. The Hall–Kier alpha value is -2.31. The van der Waals surface area contributed by atoms with Gasteiger partial charge in [-0.1, -0.05) is 29.8 Å². The molecule has 0 heterocycles. The van der Waals surface area contributed by atoms with Crippen molar-refractivity contribution in [3.63, 3.8) is 0 Å². The largest absolute Gasteiger partial charge is 0.322 e. The number of anilines is 1. The number of carbonyl (C=O) groups is 1. The zero-order valence-electron chi connectivity index (χ0n) is 9.35. The first-order valence-corrected chi connectivity index (χ1v) is 5.64. The molecular weight excluding hydrogens is 248 g/mol. The highest BCUT2D eigenvalue weighted by molar-refractivity contribution is 6.34. The van der Waals surface area contributed by atoms with Crippen molar-refractivity contribution in [1.29, 1.82) is 5.26 Å². The maximum absolute atomic E-state index is 12.0. The highest BCUT2D eigenvalue weighted by atomic mass is 35.5. The summed E-state index contributed by atoms with van der Waals surface area (Å²) < 4.78 is 0. The van der Waals surface area contributed by atoms with E-state index in [1.54, 1.807) is 24.3 Å². The van der Waals surface area contributed by atoms with Crippen LogP contribution in [-0.4, -0.2) is 5.91 Å². The summed E-state index contributed by atoms with van der Waals surface area (Å²) in [5.74, 6) is -0.330. The molecule has 0 aliphatic heterocycles. The van der Waals surface area contributed by atoms with E-state index in [2.05, 4.69) is 5.32 Å². The monoisotopic (exact) mass is 256 g/mol. The van der Waals surface area contributed by atoms with E-state index in [-0.39, 0.29) is 5.91 Å². The van der Waals surface area contributed by atoms with E-state index in [9.17, 15) is 4.79 Å². The molecule has 1 N–H and O–H groups in total. The third-order valence-electron chi connectivity index (χ3n) is 2.37. The van der Waals surface area contributed by atoms with Crippen LogP contribution in [0, 0.1) is 11.3 Å². The number of nitrogens with zero attached hydrogens (tertiary/aromatic N) is 1. The van der Waals surface area contributed by atoms with Crippen molar-refractivity contribution < 1.29 is 4.79 Å². The SMILES string of the molecule is N#Cc1ccc(Cl)c(C(=O)Nc2ccccc2)c1. The van der Waals surface area contributed by atoms with Gasteiger partial charge in [0.15, 0.2) is 0 Å². The fourth-order valence-electron chi connectivity index (χ4n) is 1.49. The predicted molar refractivity (Wildman–Crippen MR) is 70.6 cm³/mol. The first-order valence-electron chi connectivity index (χ1n) is 5.27. The minimum Gasteiger partial charge on any atom is -0.322 e. The molecule has 0 aromatic heterocycles. The molecule has 0 saturated carbocycles. The number of halogens is 1. The molecule has 0 aliphatic carbocycles. The van der Waals surface area contributed by atoms with Crippen LogP contribution in [0.25, 0.3) is 0 Å². The standard InChI is InChI=1S/C14H9ClN2O/c15-13-7-6-10(9-16)8-12(13)14(18)17-11-4-2-1-3-5-11/h1-8H,(H,17,18). The quantitative estimate of drug-likeness (QED) is 0.895. The van der Waals surface area contributed by atoms with Gasteiger partial charge in [-0.25, -0.2) is 0 Å². The topological polar surface area (TPSA) is 52.9 Å². The maximum Gasteiger partial charge on any atom is 0.257 e. The van der Waals surface area contributed by atoms with Gasteiger partial charge in [-0.15, -0.1) is 0 Å². The molecule has 0 atom stereocenters. The number of nitrogens with one attached hydrogen (secondary N) is 1. The zero-order valence-corrected chi connectivity index (χ0v) is 10.1. The lowest BCUT2D eigenvalue weighted by Gasteiger charge is -2.06. The van der Waals surface area contributed by atoms with Crippen molar-refractivity contribution >= 4 is 23.2 Å². The molecule has 3 nitrogen and oxygen atoms in total. The highest BCUT2D eigenvalue weighted by Gasteiger charge is 2.11. The van der Waals surface area contributed by atoms with Gasteiger partial charge in [0, 0.05) is 5.69 Å². The van der Waals surface area contributed by atoms with Crippen LogP contribution in [0.5, 0.6) is 0 Å². The van der Waals surface area contributed by atoms with E-state index < -0.39 is 0 Å². The molecule has 18 heavy (non-hydrogen) atoms. The lowest BCUT2D eigenvalue weighted by atomic mass is 10.1. The molecule has 0 aliphatic rings. The van der Waals surface area contributed by atoms with Crippen molar-refractivity contribution in [2.45, 2.75) is 0 Å². The molecular formula is C14H9ClN2O. The fraction of sp³-hybridized carbons (Fsp3) is 0. The Morgan fingerprint density at radius 3 is 2.56 bits per heavy atom. The lowest BCUT2D eigenvalue weighted by Crippen LogP contribution is -2.12. The molecule has 88 valence electrons. The summed E-state index contributed by atoms with van der Waals surface area (Å²) in [5, 5.41) is 11.8. The summed E-state index contributed by atoms with van der Waals surface area (Å²) in [6, 6.07) is 15.6. The van der Waals surface area contributed by atoms with E-state index >= 15 is 0 Å². The van der Waals surface area contributed by atoms with E-state index in [4.69, 9.17) is 16.9 Å². The van der Waals surface area contributed by atoms with E-state index in [1.165, 1.54) is 6.07 Å². The van der Waals surface area contributed by atoms with Crippen LogP contribution in [0.3, 0.4) is 0 Å². The molecule has 0 saturated heterocycles. The van der Waals surface area contributed by atoms with Crippen molar-refractivity contribution in [2.75, 3.05) is 5.32 Å². The molecule has 0 spiro atoms. The van der Waals surface area contributed by atoms with Crippen LogP contribution >= 0.6 is 11.6 Å². The van der Waals surface area contributed by atoms with Crippen LogP contribution < -0.4 is 5.32 Å². The Balaban J connectivity index is 2.27. The van der Waals surface area contributed by atoms with Crippen molar-refractivity contribution in [1.82, 2.24) is 0 Å². The van der Waals surface area contributed by atoms with Gasteiger partial charge < -0.3 is 5.32 Å². The van der Waals surface area contributed by atoms with E-state index in [1.807, 2.05) is 24.3 Å². The number of benzene rings is 2. The number of para-hydroxylation sites is 1. The van der Waals surface area contributed by atoms with Crippen LogP contribution in [0.1, 0.15) is 15.9 Å². The Morgan fingerprint density at radius 1 is 1.17 bits per heavy atom. The number of nitriles is 1. The number of carbonyl (C=O) groups excluding carboxylic acids is 1. The van der Waals surface area contributed by atoms with Crippen molar-refractivity contribution in [3.8, 4) is 6.07 Å². The molecule has 2 rings (SSSR count). The zero-order chi connectivity index (χ0) is 13.0.